The van der Waals surface area contributed by atoms with Crippen LogP contribution in [0.5, 0.6) is 0 Å². The van der Waals surface area contributed by atoms with Gasteiger partial charge in [-0.15, -0.1) is 0 Å². The van der Waals surface area contributed by atoms with Crippen LogP contribution in [0.3, 0.4) is 0 Å². The largest absolute Gasteiger partial charge is 0.469 e. The van der Waals surface area contributed by atoms with Gasteiger partial charge < -0.3 is 4.42 Å². The quantitative estimate of drug-likeness (QED) is 0.704. The first-order valence-corrected chi connectivity index (χ1v) is 7.03. The van der Waals surface area contributed by atoms with Crippen LogP contribution in [0.1, 0.15) is 44.3 Å². The van der Waals surface area contributed by atoms with Gasteiger partial charge in [0.1, 0.15) is 5.76 Å². The highest BCUT2D eigenvalue weighted by Gasteiger charge is 2.37. The Kier molecular flexibility index (Phi) is 3.11. The number of rotatable bonds is 1. The van der Waals surface area contributed by atoms with Gasteiger partial charge in [-0.25, -0.2) is 0 Å². The predicted molar refractivity (Wildman–Crippen MR) is 71.5 cm³/mol. The lowest BCUT2D eigenvalue weighted by molar-refractivity contribution is 0.181. The third kappa shape index (κ3) is 2.05. The van der Waals surface area contributed by atoms with Gasteiger partial charge in [0.2, 0.25) is 0 Å². The van der Waals surface area contributed by atoms with E-state index in [1.54, 1.807) is 12.3 Å². The highest BCUT2D eigenvalue weighted by Crippen LogP contribution is 2.47. The van der Waals surface area contributed by atoms with Crippen molar-refractivity contribution in [3.63, 3.8) is 0 Å². The van der Waals surface area contributed by atoms with E-state index < -0.39 is 0 Å². The van der Waals surface area contributed by atoms with Crippen LogP contribution in [-0.4, -0.2) is 0 Å². The third-order valence-corrected chi connectivity index (χ3v) is 4.61. The molecule has 2 nitrogen and oxygen atoms in total. The maximum absolute atomic E-state index is 11.5. The lowest BCUT2D eigenvalue weighted by Gasteiger charge is -2.40. The Hall–Kier alpha value is -1.31. The zero-order valence-electron chi connectivity index (χ0n) is 10.8. The minimum Gasteiger partial charge on any atom is -0.469 e. The predicted octanol–water partition coefficient (Wildman–Crippen LogP) is 3.74. The van der Waals surface area contributed by atoms with E-state index in [1.165, 1.54) is 31.7 Å². The minimum absolute atomic E-state index is 0.0605. The molecule has 1 aromatic rings. The van der Waals surface area contributed by atoms with Crippen molar-refractivity contribution in [2.75, 3.05) is 0 Å². The molecule has 0 aromatic carbocycles. The lowest BCUT2D eigenvalue weighted by Crippen LogP contribution is -2.31. The summed E-state index contributed by atoms with van der Waals surface area (Å²) in [7, 11) is 0. The normalized spacial score (nSPS) is 35.2. The fraction of sp³-hybridized carbons (Fsp3) is 0.562. The van der Waals surface area contributed by atoms with Crippen molar-refractivity contribution in [3.8, 4) is 0 Å². The van der Waals surface area contributed by atoms with E-state index in [9.17, 15) is 4.79 Å². The highest BCUT2D eigenvalue weighted by atomic mass is 16.3. The molecule has 0 amide bonds. The zero-order chi connectivity index (χ0) is 12.5. The molecule has 1 heterocycles. The molecule has 4 atom stereocenters. The van der Waals surface area contributed by atoms with E-state index >= 15 is 0 Å². The van der Waals surface area contributed by atoms with Crippen molar-refractivity contribution in [1.29, 1.82) is 0 Å². The first kappa shape index (κ1) is 11.8. The van der Waals surface area contributed by atoms with Crippen LogP contribution in [0.25, 0.3) is 0 Å². The van der Waals surface area contributed by atoms with Crippen LogP contribution in [0, 0.1) is 17.8 Å². The summed E-state index contributed by atoms with van der Waals surface area (Å²) in [6.45, 7) is 2.24. The molecule has 0 aliphatic heterocycles. The second-order valence-electron chi connectivity index (χ2n) is 5.75. The third-order valence-electron chi connectivity index (χ3n) is 4.61. The van der Waals surface area contributed by atoms with Gasteiger partial charge in [0, 0.05) is 18.1 Å². The summed E-state index contributed by atoms with van der Waals surface area (Å²) >= 11 is 0. The zero-order valence-corrected chi connectivity index (χ0v) is 10.8. The second kappa shape index (κ2) is 4.75. The van der Waals surface area contributed by atoms with E-state index in [-0.39, 0.29) is 5.43 Å². The fourth-order valence-corrected chi connectivity index (χ4v) is 3.75. The summed E-state index contributed by atoms with van der Waals surface area (Å²) in [5.41, 5.74) is 0.0605. The molecule has 0 saturated heterocycles. The maximum Gasteiger partial charge on any atom is 0.185 e. The van der Waals surface area contributed by atoms with Gasteiger partial charge in [0.05, 0.1) is 6.26 Å². The molecular weight excluding hydrogens is 224 g/mol. The number of fused-ring (bicyclic) bond motifs is 1. The molecule has 4 unspecified atom stereocenters. The van der Waals surface area contributed by atoms with Crippen LogP contribution in [-0.2, 0) is 0 Å². The van der Waals surface area contributed by atoms with Crippen molar-refractivity contribution < 1.29 is 4.42 Å². The maximum atomic E-state index is 11.5. The lowest BCUT2D eigenvalue weighted by atomic mass is 9.64. The first-order valence-electron chi connectivity index (χ1n) is 7.03. The molecule has 0 bridgehead atoms. The summed E-state index contributed by atoms with van der Waals surface area (Å²) in [6, 6.07) is 3.18. The van der Waals surface area contributed by atoms with Crippen molar-refractivity contribution in [2.45, 2.75) is 38.5 Å². The summed E-state index contributed by atoms with van der Waals surface area (Å²) in [4.78, 5) is 11.5. The summed E-state index contributed by atoms with van der Waals surface area (Å²) in [6.07, 6.45) is 11.5. The molecule has 0 spiro atoms. The van der Waals surface area contributed by atoms with Gasteiger partial charge in [0.25, 0.3) is 0 Å². The Labute approximate surface area is 108 Å². The first-order chi connectivity index (χ1) is 8.75. The molecule has 1 fully saturated rings. The van der Waals surface area contributed by atoms with Gasteiger partial charge in [-0.3, -0.25) is 4.79 Å². The molecule has 3 rings (SSSR count). The minimum atomic E-state index is 0.0605. The van der Waals surface area contributed by atoms with Gasteiger partial charge in [0.15, 0.2) is 5.43 Å². The fourth-order valence-electron chi connectivity index (χ4n) is 3.75. The standard InChI is InChI=1S/C16H20O2/c1-11-6-7-12-4-2-3-5-14(12)16(11)15-10-13(17)8-9-18-15/h6-12,14,16H,2-5H2,1H3. The molecule has 2 aliphatic carbocycles. The molecular formula is C16H20O2. The topological polar surface area (TPSA) is 30.2 Å². The van der Waals surface area contributed by atoms with E-state index in [2.05, 4.69) is 19.1 Å². The number of hydrogen-bond acceptors (Lipinski definition) is 2. The smallest absolute Gasteiger partial charge is 0.185 e. The van der Waals surface area contributed by atoms with Crippen molar-refractivity contribution in [2.24, 2.45) is 17.8 Å². The number of allylic oxidation sites excluding steroid dienone is 2. The van der Waals surface area contributed by atoms with Crippen LogP contribution in [0.2, 0.25) is 0 Å². The number of hydrogen-bond donors (Lipinski definition) is 0. The van der Waals surface area contributed by atoms with Gasteiger partial charge in [-0.1, -0.05) is 31.9 Å². The van der Waals surface area contributed by atoms with Crippen LogP contribution >= 0.6 is 0 Å². The Morgan fingerprint density at radius 1 is 1.22 bits per heavy atom. The summed E-state index contributed by atoms with van der Waals surface area (Å²) < 4.78 is 5.63. The molecule has 2 aliphatic rings. The highest BCUT2D eigenvalue weighted by molar-refractivity contribution is 5.17. The monoisotopic (exact) mass is 244 g/mol. The van der Waals surface area contributed by atoms with E-state index in [1.807, 2.05) is 0 Å². The average Bonchev–Trinajstić information content (AvgIpc) is 2.38. The second-order valence-corrected chi connectivity index (χ2v) is 5.75. The van der Waals surface area contributed by atoms with Crippen molar-refractivity contribution in [1.82, 2.24) is 0 Å². The van der Waals surface area contributed by atoms with Gasteiger partial charge >= 0.3 is 0 Å². The van der Waals surface area contributed by atoms with Crippen LogP contribution in [0.4, 0.5) is 0 Å². The molecule has 1 saturated carbocycles. The van der Waals surface area contributed by atoms with Crippen LogP contribution < -0.4 is 5.43 Å². The SMILES string of the molecule is CC1C=CC2CCCCC2C1c1cc(=O)cco1. The molecule has 18 heavy (non-hydrogen) atoms. The Bertz CT molecular complexity index is 500. The molecule has 2 heteroatoms. The Morgan fingerprint density at radius 3 is 2.89 bits per heavy atom. The average molecular weight is 244 g/mol. The van der Waals surface area contributed by atoms with Crippen molar-refractivity contribution in [3.05, 3.63) is 46.5 Å². The molecule has 0 radical (unpaired) electrons. The molecule has 0 N–H and O–H groups in total. The molecule has 1 aromatic heterocycles. The summed E-state index contributed by atoms with van der Waals surface area (Å²) in [5.74, 6) is 3.08. The van der Waals surface area contributed by atoms with Crippen LogP contribution in [0.15, 0.2) is 39.8 Å². The van der Waals surface area contributed by atoms with Crippen molar-refractivity contribution >= 4 is 0 Å². The summed E-state index contributed by atoms with van der Waals surface area (Å²) in [5, 5.41) is 0. The van der Waals surface area contributed by atoms with E-state index in [0.29, 0.717) is 23.7 Å². The van der Waals surface area contributed by atoms with E-state index in [0.717, 1.165) is 5.76 Å². The Morgan fingerprint density at radius 2 is 2.06 bits per heavy atom. The van der Waals surface area contributed by atoms with Gasteiger partial charge in [-0.2, -0.15) is 0 Å². The van der Waals surface area contributed by atoms with E-state index in [4.69, 9.17) is 4.42 Å². The molecule has 96 valence electrons. The Balaban J connectivity index is 1.98. The van der Waals surface area contributed by atoms with Gasteiger partial charge in [-0.05, 0) is 30.6 Å².